The normalized spacial score (nSPS) is 16.2. The molecule has 0 spiro atoms. The molecule has 1 aliphatic rings. The zero-order valence-electron chi connectivity index (χ0n) is 12.8. The number of benzene rings is 2. The maximum absolute atomic E-state index is 12.5. The smallest absolute Gasteiger partial charge is 0.293 e. The molecule has 24 heavy (non-hydrogen) atoms. The van der Waals surface area contributed by atoms with E-state index in [9.17, 15) is 14.7 Å². The van der Waals surface area contributed by atoms with E-state index < -0.39 is 0 Å². The van der Waals surface area contributed by atoms with Crippen molar-refractivity contribution in [1.82, 2.24) is 4.90 Å². The zero-order chi connectivity index (χ0) is 17.3. The van der Waals surface area contributed by atoms with E-state index in [0.717, 1.165) is 28.5 Å². The fourth-order valence-electron chi connectivity index (χ4n) is 2.39. The van der Waals surface area contributed by atoms with E-state index in [1.807, 2.05) is 31.2 Å². The molecule has 2 aromatic carbocycles. The molecule has 122 valence electrons. The van der Waals surface area contributed by atoms with Gasteiger partial charge in [0, 0.05) is 0 Å². The number of rotatable bonds is 3. The molecule has 1 saturated heterocycles. The molecule has 0 aliphatic carbocycles. The highest BCUT2D eigenvalue weighted by Crippen LogP contribution is 2.34. The molecule has 0 bridgehead atoms. The largest absolute Gasteiger partial charge is 0.507 e. The first-order valence-electron chi connectivity index (χ1n) is 7.23. The van der Waals surface area contributed by atoms with Crippen LogP contribution in [-0.4, -0.2) is 21.2 Å². The molecular formula is C18H14BrNO3S. The first kappa shape index (κ1) is 16.8. The van der Waals surface area contributed by atoms with Crippen molar-refractivity contribution in [2.75, 3.05) is 0 Å². The number of carbonyl (C=O) groups excluding carboxylic acids is 2. The van der Waals surface area contributed by atoms with Gasteiger partial charge in [0.2, 0.25) is 0 Å². The van der Waals surface area contributed by atoms with Crippen molar-refractivity contribution in [2.24, 2.45) is 0 Å². The van der Waals surface area contributed by atoms with Gasteiger partial charge < -0.3 is 5.11 Å². The third-order valence-corrected chi connectivity index (χ3v) is 5.11. The van der Waals surface area contributed by atoms with Crippen molar-refractivity contribution >= 4 is 44.9 Å². The molecule has 0 aromatic heterocycles. The minimum Gasteiger partial charge on any atom is -0.507 e. The zero-order valence-corrected chi connectivity index (χ0v) is 15.2. The first-order chi connectivity index (χ1) is 11.4. The third kappa shape index (κ3) is 3.55. The molecule has 1 N–H and O–H groups in total. The van der Waals surface area contributed by atoms with Gasteiger partial charge in [0.25, 0.3) is 11.1 Å². The monoisotopic (exact) mass is 403 g/mol. The molecule has 1 heterocycles. The predicted octanol–water partition coefficient (Wildman–Crippen LogP) is 4.70. The number of nitrogens with zero attached hydrogens (tertiary/aromatic N) is 1. The van der Waals surface area contributed by atoms with Crippen LogP contribution in [0.5, 0.6) is 5.75 Å². The predicted molar refractivity (Wildman–Crippen MR) is 98.5 cm³/mol. The minimum absolute atomic E-state index is 0.125. The summed E-state index contributed by atoms with van der Waals surface area (Å²) in [6.45, 7) is 2.24. The number of imide groups is 1. The van der Waals surface area contributed by atoms with Gasteiger partial charge >= 0.3 is 0 Å². The average Bonchev–Trinajstić information content (AvgIpc) is 2.79. The van der Waals surface area contributed by atoms with Crippen LogP contribution in [0.25, 0.3) is 6.08 Å². The van der Waals surface area contributed by atoms with Crippen LogP contribution in [0.1, 0.15) is 16.7 Å². The topological polar surface area (TPSA) is 57.6 Å². The van der Waals surface area contributed by atoms with Gasteiger partial charge in [-0.3, -0.25) is 14.5 Å². The standard InChI is InChI=1S/C18H14BrNO3S/c1-11-3-2-4-13(7-11)10-20-17(22)16(24-18(20)23)9-12-5-6-15(21)14(19)8-12/h2-9,21H,10H2,1H3/b16-9+. The molecule has 1 aliphatic heterocycles. The Balaban J connectivity index is 1.83. The Morgan fingerprint density at radius 1 is 1.21 bits per heavy atom. The molecule has 0 unspecified atom stereocenters. The number of halogens is 1. The van der Waals surface area contributed by atoms with Gasteiger partial charge in [0.15, 0.2) is 0 Å². The van der Waals surface area contributed by atoms with Crippen LogP contribution in [0.4, 0.5) is 4.79 Å². The number of hydrogen-bond donors (Lipinski definition) is 1. The number of phenolic OH excluding ortho intramolecular Hbond substituents is 1. The second-order valence-electron chi connectivity index (χ2n) is 5.47. The maximum atomic E-state index is 12.5. The van der Waals surface area contributed by atoms with Gasteiger partial charge in [0.1, 0.15) is 5.75 Å². The van der Waals surface area contributed by atoms with Crippen molar-refractivity contribution in [1.29, 1.82) is 0 Å². The van der Waals surface area contributed by atoms with E-state index in [-0.39, 0.29) is 23.4 Å². The van der Waals surface area contributed by atoms with Crippen molar-refractivity contribution in [3.05, 3.63) is 68.5 Å². The van der Waals surface area contributed by atoms with Crippen LogP contribution < -0.4 is 0 Å². The van der Waals surface area contributed by atoms with E-state index in [1.165, 1.54) is 11.0 Å². The quantitative estimate of drug-likeness (QED) is 0.754. The minimum atomic E-state index is -0.296. The van der Waals surface area contributed by atoms with E-state index in [1.54, 1.807) is 18.2 Å². The van der Waals surface area contributed by atoms with Crippen LogP contribution in [0, 0.1) is 6.92 Å². The number of phenols is 1. The molecule has 6 heteroatoms. The highest BCUT2D eigenvalue weighted by Gasteiger charge is 2.34. The lowest BCUT2D eigenvalue weighted by Gasteiger charge is -2.12. The lowest BCUT2D eigenvalue weighted by atomic mass is 10.1. The number of aromatic hydroxyl groups is 1. The van der Waals surface area contributed by atoms with E-state index in [4.69, 9.17) is 0 Å². The molecule has 3 rings (SSSR count). The molecular weight excluding hydrogens is 390 g/mol. The Kier molecular flexibility index (Phi) is 4.78. The summed E-state index contributed by atoms with van der Waals surface area (Å²) in [5.41, 5.74) is 2.75. The van der Waals surface area contributed by atoms with Gasteiger partial charge in [0.05, 0.1) is 15.9 Å². The second-order valence-corrected chi connectivity index (χ2v) is 7.32. The lowest BCUT2D eigenvalue weighted by Crippen LogP contribution is -2.27. The molecule has 1 fully saturated rings. The van der Waals surface area contributed by atoms with Crippen molar-refractivity contribution in [2.45, 2.75) is 13.5 Å². The lowest BCUT2D eigenvalue weighted by molar-refractivity contribution is -0.123. The molecule has 4 nitrogen and oxygen atoms in total. The Labute approximate surface area is 152 Å². The van der Waals surface area contributed by atoms with Crippen molar-refractivity contribution in [3.8, 4) is 5.75 Å². The van der Waals surface area contributed by atoms with Crippen LogP contribution >= 0.6 is 27.7 Å². The Morgan fingerprint density at radius 3 is 2.71 bits per heavy atom. The van der Waals surface area contributed by atoms with Crippen LogP contribution in [0.2, 0.25) is 0 Å². The molecule has 0 atom stereocenters. The molecule has 2 aromatic rings. The van der Waals surface area contributed by atoms with Gasteiger partial charge in [-0.1, -0.05) is 35.9 Å². The van der Waals surface area contributed by atoms with Crippen molar-refractivity contribution < 1.29 is 14.7 Å². The highest BCUT2D eigenvalue weighted by atomic mass is 79.9. The number of thioether (sulfide) groups is 1. The summed E-state index contributed by atoms with van der Waals surface area (Å²) in [6, 6.07) is 12.7. The summed E-state index contributed by atoms with van der Waals surface area (Å²) in [6.07, 6.45) is 1.66. The maximum Gasteiger partial charge on any atom is 0.293 e. The summed E-state index contributed by atoms with van der Waals surface area (Å²) in [5.74, 6) is -0.171. The van der Waals surface area contributed by atoms with E-state index in [0.29, 0.717) is 9.38 Å². The number of amides is 2. The molecule has 0 radical (unpaired) electrons. The fourth-order valence-corrected chi connectivity index (χ4v) is 3.63. The molecule has 2 amide bonds. The van der Waals surface area contributed by atoms with Crippen LogP contribution in [-0.2, 0) is 11.3 Å². The third-order valence-electron chi connectivity index (χ3n) is 3.57. The summed E-state index contributed by atoms with van der Waals surface area (Å²) in [4.78, 5) is 26.3. The van der Waals surface area contributed by atoms with E-state index in [2.05, 4.69) is 15.9 Å². The Hall–Kier alpha value is -2.05. The summed E-state index contributed by atoms with van der Waals surface area (Å²) < 4.78 is 0.537. The number of aryl methyl sites for hydroxylation is 1. The van der Waals surface area contributed by atoms with Crippen LogP contribution in [0.15, 0.2) is 51.8 Å². The molecule has 0 saturated carbocycles. The van der Waals surface area contributed by atoms with E-state index >= 15 is 0 Å². The summed E-state index contributed by atoms with van der Waals surface area (Å²) in [7, 11) is 0. The Morgan fingerprint density at radius 2 is 2.00 bits per heavy atom. The second kappa shape index (κ2) is 6.83. The van der Waals surface area contributed by atoms with Crippen LogP contribution in [0.3, 0.4) is 0 Å². The average molecular weight is 404 g/mol. The SMILES string of the molecule is Cc1cccc(CN2C(=O)S/C(=C/c3ccc(O)c(Br)c3)C2=O)c1. The first-order valence-corrected chi connectivity index (χ1v) is 8.84. The summed E-state index contributed by atoms with van der Waals surface area (Å²) in [5, 5.41) is 9.25. The van der Waals surface area contributed by atoms with Gasteiger partial charge in [-0.2, -0.15) is 0 Å². The van der Waals surface area contributed by atoms with Crippen molar-refractivity contribution in [3.63, 3.8) is 0 Å². The van der Waals surface area contributed by atoms with Gasteiger partial charge in [-0.25, -0.2) is 0 Å². The Bertz CT molecular complexity index is 863. The highest BCUT2D eigenvalue weighted by molar-refractivity contribution is 9.10. The number of hydrogen-bond acceptors (Lipinski definition) is 4. The summed E-state index contributed by atoms with van der Waals surface area (Å²) >= 11 is 4.17. The number of carbonyl (C=O) groups is 2. The fraction of sp³-hybridized carbons (Fsp3) is 0.111. The van der Waals surface area contributed by atoms with Gasteiger partial charge in [-0.05, 0) is 64.0 Å². The van der Waals surface area contributed by atoms with Gasteiger partial charge in [-0.15, -0.1) is 0 Å².